The van der Waals surface area contributed by atoms with Gasteiger partial charge in [0.15, 0.2) is 0 Å². The monoisotopic (exact) mass is 294 g/mol. The molecule has 3 N–H and O–H groups in total. The van der Waals surface area contributed by atoms with E-state index in [4.69, 9.17) is 5.73 Å². The topological polar surface area (TPSA) is 72.2 Å². The molecule has 0 spiro atoms. The molecule has 106 valence electrons. The van der Waals surface area contributed by atoms with Crippen molar-refractivity contribution in [2.45, 2.75) is 17.9 Å². The number of hydrogen-bond acceptors (Lipinski definition) is 3. The van der Waals surface area contributed by atoms with Gasteiger partial charge in [0.05, 0.1) is 4.90 Å². The van der Waals surface area contributed by atoms with E-state index >= 15 is 0 Å². The van der Waals surface area contributed by atoms with Crippen LogP contribution in [0.25, 0.3) is 0 Å². The Morgan fingerprint density at radius 1 is 1.15 bits per heavy atom. The summed E-state index contributed by atoms with van der Waals surface area (Å²) in [6.45, 7) is 1.71. The first kappa shape index (κ1) is 14.5. The summed E-state index contributed by atoms with van der Waals surface area (Å²) in [5, 5.41) is 0. The number of nitrogens with two attached hydrogens (primary N) is 1. The molecule has 0 aromatic heterocycles. The highest BCUT2D eigenvalue weighted by Crippen LogP contribution is 2.18. The van der Waals surface area contributed by atoms with Gasteiger partial charge in [-0.25, -0.2) is 17.5 Å². The van der Waals surface area contributed by atoms with Crippen LogP contribution in [0.1, 0.15) is 18.5 Å². The second-order valence-electron chi connectivity index (χ2n) is 4.47. The second kappa shape index (κ2) is 5.60. The molecule has 20 heavy (non-hydrogen) atoms. The minimum atomic E-state index is -3.76. The van der Waals surface area contributed by atoms with Gasteiger partial charge in [-0.2, -0.15) is 0 Å². The highest BCUT2D eigenvalue weighted by molar-refractivity contribution is 7.89. The summed E-state index contributed by atoms with van der Waals surface area (Å²) in [7, 11) is -3.76. The van der Waals surface area contributed by atoms with Gasteiger partial charge >= 0.3 is 0 Å². The average Bonchev–Trinajstić information content (AvgIpc) is 2.39. The van der Waals surface area contributed by atoms with Crippen LogP contribution in [-0.2, 0) is 10.0 Å². The van der Waals surface area contributed by atoms with Crippen LogP contribution in [0.4, 0.5) is 10.1 Å². The van der Waals surface area contributed by atoms with Crippen LogP contribution >= 0.6 is 0 Å². The maximum atomic E-state index is 13.1. The Kier molecular flexibility index (Phi) is 4.06. The fourth-order valence-corrected chi connectivity index (χ4v) is 3.05. The summed E-state index contributed by atoms with van der Waals surface area (Å²) >= 11 is 0. The highest BCUT2D eigenvalue weighted by atomic mass is 32.2. The van der Waals surface area contributed by atoms with Gasteiger partial charge < -0.3 is 5.73 Å². The zero-order valence-electron chi connectivity index (χ0n) is 10.9. The Morgan fingerprint density at radius 3 is 2.40 bits per heavy atom. The van der Waals surface area contributed by atoms with Gasteiger partial charge in [0.1, 0.15) is 5.82 Å². The van der Waals surface area contributed by atoms with Gasteiger partial charge in [-0.05, 0) is 42.8 Å². The molecule has 6 heteroatoms. The van der Waals surface area contributed by atoms with Gasteiger partial charge in [0, 0.05) is 11.7 Å². The zero-order valence-corrected chi connectivity index (χ0v) is 11.7. The quantitative estimate of drug-likeness (QED) is 0.851. The standard InChI is InChI=1S/C14H15FN2O2S/c1-10(11-5-7-13(16)8-6-11)17-20(18,19)14-4-2-3-12(15)9-14/h2-10,17H,16H2,1H3. The summed E-state index contributed by atoms with van der Waals surface area (Å²) in [5.41, 5.74) is 6.96. The lowest BCUT2D eigenvalue weighted by molar-refractivity contribution is 0.564. The van der Waals surface area contributed by atoms with E-state index in [9.17, 15) is 12.8 Å². The van der Waals surface area contributed by atoms with E-state index in [1.54, 1.807) is 31.2 Å². The first-order valence-electron chi connectivity index (χ1n) is 6.02. The third-order valence-electron chi connectivity index (χ3n) is 2.87. The molecular weight excluding hydrogens is 279 g/mol. The van der Waals surface area contributed by atoms with Crippen LogP contribution in [-0.4, -0.2) is 8.42 Å². The van der Waals surface area contributed by atoms with Crippen molar-refractivity contribution in [3.05, 3.63) is 59.9 Å². The van der Waals surface area contributed by atoms with E-state index in [0.29, 0.717) is 5.69 Å². The predicted octanol–water partition coefficient (Wildman–Crippen LogP) is 2.45. The lowest BCUT2D eigenvalue weighted by atomic mass is 10.1. The molecule has 0 saturated carbocycles. The third-order valence-corrected chi connectivity index (χ3v) is 4.41. The molecule has 0 aliphatic carbocycles. The molecule has 1 atom stereocenters. The largest absolute Gasteiger partial charge is 0.399 e. The number of sulfonamides is 1. The van der Waals surface area contributed by atoms with Gasteiger partial charge in [0.2, 0.25) is 10.0 Å². The molecular formula is C14H15FN2O2S. The first-order valence-corrected chi connectivity index (χ1v) is 7.50. The molecule has 0 bridgehead atoms. The normalized spacial score (nSPS) is 13.1. The van der Waals surface area contributed by atoms with Gasteiger partial charge in [-0.3, -0.25) is 0 Å². The summed E-state index contributed by atoms with van der Waals surface area (Å²) < 4.78 is 39.9. The van der Waals surface area contributed by atoms with Crippen molar-refractivity contribution in [2.24, 2.45) is 0 Å². The minimum Gasteiger partial charge on any atom is -0.399 e. The van der Waals surface area contributed by atoms with Gasteiger partial charge in [0.25, 0.3) is 0 Å². The first-order chi connectivity index (χ1) is 9.38. The number of anilines is 1. The van der Waals surface area contributed by atoms with E-state index < -0.39 is 21.9 Å². The molecule has 1 unspecified atom stereocenters. The third kappa shape index (κ3) is 3.34. The lowest BCUT2D eigenvalue weighted by Crippen LogP contribution is -2.27. The molecule has 2 aromatic carbocycles. The Labute approximate surface area is 117 Å². The Balaban J connectivity index is 2.22. The molecule has 4 nitrogen and oxygen atoms in total. The molecule has 0 aliphatic rings. The van der Waals surface area contributed by atoms with E-state index in [-0.39, 0.29) is 4.90 Å². The van der Waals surface area contributed by atoms with Crippen LogP contribution in [0.2, 0.25) is 0 Å². The summed E-state index contributed by atoms with van der Waals surface area (Å²) in [6.07, 6.45) is 0. The maximum absolute atomic E-state index is 13.1. The summed E-state index contributed by atoms with van der Waals surface area (Å²) in [4.78, 5) is -0.0974. The fraction of sp³-hybridized carbons (Fsp3) is 0.143. The zero-order chi connectivity index (χ0) is 14.8. The van der Waals surface area contributed by atoms with Crippen molar-refractivity contribution in [3.8, 4) is 0 Å². The summed E-state index contributed by atoms with van der Waals surface area (Å²) in [5.74, 6) is -0.590. The molecule has 0 amide bonds. The number of nitrogens with one attached hydrogen (secondary N) is 1. The molecule has 0 fully saturated rings. The molecule has 0 radical (unpaired) electrons. The Bertz CT molecular complexity index is 699. The molecule has 0 saturated heterocycles. The summed E-state index contributed by atoms with van der Waals surface area (Å²) in [6, 6.07) is 11.3. The van der Waals surface area contributed by atoms with E-state index in [2.05, 4.69) is 4.72 Å². The number of halogens is 1. The van der Waals surface area contributed by atoms with Crippen LogP contribution in [0.15, 0.2) is 53.4 Å². The Morgan fingerprint density at radius 2 is 1.80 bits per heavy atom. The van der Waals surface area contributed by atoms with Crippen molar-refractivity contribution < 1.29 is 12.8 Å². The molecule has 2 rings (SSSR count). The van der Waals surface area contributed by atoms with Crippen molar-refractivity contribution in [1.82, 2.24) is 4.72 Å². The van der Waals surface area contributed by atoms with Crippen molar-refractivity contribution in [1.29, 1.82) is 0 Å². The molecule has 2 aromatic rings. The molecule has 0 heterocycles. The van der Waals surface area contributed by atoms with Crippen LogP contribution < -0.4 is 10.5 Å². The predicted molar refractivity (Wildman–Crippen MR) is 76.0 cm³/mol. The fourth-order valence-electron chi connectivity index (χ4n) is 1.79. The lowest BCUT2D eigenvalue weighted by Gasteiger charge is -2.15. The second-order valence-corrected chi connectivity index (χ2v) is 6.18. The van der Waals surface area contributed by atoms with Gasteiger partial charge in [-0.1, -0.05) is 18.2 Å². The number of hydrogen-bond donors (Lipinski definition) is 2. The van der Waals surface area contributed by atoms with E-state index in [1.807, 2.05) is 0 Å². The van der Waals surface area contributed by atoms with Crippen molar-refractivity contribution >= 4 is 15.7 Å². The minimum absolute atomic E-state index is 0.0974. The number of benzene rings is 2. The smallest absolute Gasteiger partial charge is 0.241 e. The Hall–Kier alpha value is -1.92. The van der Waals surface area contributed by atoms with E-state index in [1.165, 1.54) is 18.2 Å². The van der Waals surface area contributed by atoms with Crippen LogP contribution in [0.3, 0.4) is 0 Å². The van der Waals surface area contributed by atoms with Gasteiger partial charge in [-0.15, -0.1) is 0 Å². The van der Waals surface area contributed by atoms with Crippen LogP contribution in [0.5, 0.6) is 0 Å². The number of rotatable bonds is 4. The number of nitrogen functional groups attached to an aromatic ring is 1. The maximum Gasteiger partial charge on any atom is 0.241 e. The van der Waals surface area contributed by atoms with Crippen molar-refractivity contribution in [2.75, 3.05) is 5.73 Å². The van der Waals surface area contributed by atoms with Crippen LogP contribution in [0, 0.1) is 5.82 Å². The van der Waals surface area contributed by atoms with Crippen molar-refractivity contribution in [3.63, 3.8) is 0 Å². The average molecular weight is 294 g/mol. The van der Waals surface area contributed by atoms with E-state index in [0.717, 1.165) is 11.6 Å². The SMILES string of the molecule is CC(NS(=O)(=O)c1cccc(F)c1)c1ccc(N)cc1. The highest BCUT2D eigenvalue weighted by Gasteiger charge is 2.18. The molecule has 0 aliphatic heterocycles.